The molecule has 2 fully saturated rings. The third kappa shape index (κ3) is 4.99. The van der Waals surface area contributed by atoms with Crippen molar-refractivity contribution in [2.24, 2.45) is 16.8 Å². The van der Waals surface area contributed by atoms with Gasteiger partial charge in [0.2, 0.25) is 0 Å². The zero-order valence-corrected chi connectivity index (χ0v) is 16.1. The summed E-state index contributed by atoms with van der Waals surface area (Å²) in [7, 11) is 0. The molecular weight excluding hydrogens is 401 g/mol. The number of rotatable bonds is 5. The number of halogens is 1. The molecule has 2 heterocycles. The largest absolute Gasteiger partial charge is 0.469 e. The van der Waals surface area contributed by atoms with Gasteiger partial charge in [0.25, 0.3) is 0 Å². The Morgan fingerprint density at radius 3 is 2.70 bits per heavy atom. The fraction of sp³-hybridized carbons (Fsp3) is 0.611. The van der Waals surface area contributed by atoms with Crippen LogP contribution in [0.4, 0.5) is 0 Å². The van der Waals surface area contributed by atoms with Gasteiger partial charge in [0.15, 0.2) is 5.96 Å². The van der Waals surface area contributed by atoms with Gasteiger partial charge in [0.05, 0.1) is 6.26 Å². The van der Waals surface area contributed by atoms with Crippen LogP contribution >= 0.6 is 24.0 Å². The van der Waals surface area contributed by atoms with Gasteiger partial charge in [-0.3, -0.25) is 4.99 Å². The number of nitrogens with one attached hydrogen (secondary N) is 1. The fourth-order valence-electron chi connectivity index (χ4n) is 3.74. The number of aliphatic imine (C=N–C) groups is 1. The van der Waals surface area contributed by atoms with Gasteiger partial charge in [-0.1, -0.05) is 18.9 Å². The van der Waals surface area contributed by atoms with Gasteiger partial charge < -0.3 is 14.6 Å². The van der Waals surface area contributed by atoms with Crippen LogP contribution in [0.5, 0.6) is 0 Å². The lowest BCUT2D eigenvalue weighted by Crippen LogP contribution is -2.40. The molecule has 4 nitrogen and oxygen atoms in total. The van der Waals surface area contributed by atoms with Crippen molar-refractivity contribution in [1.82, 2.24) is 10.2 Å². The van der Waals surface area contributed by atoms with Gasteiger partial charge in [0.1, 0.15) is 5.76 Å². The molecule has 0 bridgehead atoms. The summed E-state index contributed by atoms with van der Waals surface area (Å²) in [4.78, 5) is 7.25. The molecule has 23 heavy (non-hydrogen) atoms. The number of hydrogen-bond donors (Lipinski definition) is 1. The van der Waals surface area contributed by atoms with E-state index >= 15 is 0 Å². The lowest BCUT2D eigenvalue weighted by atomic mass is 9.82. The fourth-order valence-corrected chi connectivity index (χ4v) is 3.74. The van der Waals surface area contributed by atoms with Crippen molar-refractivity contribution in [3.05, 3.63) is 36.8 Å². The van der Waals surface area contributed by atoms with Crippen LogP contribution in [0.25, 0.3) is 0 Å². The lowest BCUT2D eigenvalue weighted by molar-refractivity contribution is 0.299. The topological polar surface area (TPSA) is 40.8 Å². The normalized spacial score (nSPS) is 24.0. The van der Waals surface area contributed by atoms with Crippen molar-refractivity contribution in [1.29, 1.82) is 0 Å². The van der Waals surface area contributed by atoms with Crippen LogP contribution in [0.15, 0.2) is 40.5 Å². The average Bonchev–Trinajstić information content (AvgIpc) is 3.19. The second-order valence-corrected chi connectivity index (χ2v) is 6.41. The van der Waals surface area contributed by atoms with E-state index in [9.17, 15) is 0 Å². The van der Waals surface area contributed by atoms with E-state index in [1.54, 1.807) is 6.26 Å². The van der Waals surface area contributed by atoms with Gasteiger partial charge in [-0.15, -0.1) is 30.6 Å². The number of nitrogens with zero attached hydrogens (tertiary/aromatic N) is 2. The lowest BCUT2D eigenvalue weighted by Gasteiger charge is -2.22. The number of hydrogen-bond acceptors (Lipinski definition) is 2. The Morgan fingerprint density at radius 2 is 2.09 bits per heavy atom. The highest BCUT2D eigenvalue weighted by atomic mass is 127. The van der Waals surface area contributed by atoms with Crippen molar-refractivity contribution < 1.29 is 4.42 Å². The van der Waals surface area contributed by atoms with E-state index in [1.165, 1.54) is 25.7 Å². The van der Waals surface area contributed by atoms with Crippen LogP contribution in [0.2, 0.25) is 0 Å². The Hall–Kier alpha value is -0.980. The van der Waals surface area contributed by atoms with Crippen LogP contribution in [0.1, 0.15) is 31.4 Å². The highest BCUT2D eigenvalue weighted by molar-refractivity contribution is 14.0. The number of guanidine groups is 1. The van der Waals surface area contributed by atoms with Crippen molar-refractivity contribution >= 4 is 29.9 Å². The van der Waals surface area contributed by atoms with Crippen LogP contribution in [0, 0.1) is 11.8 Å². The molecule has 0 radical (unpaired) electrons. The Kier molecular flexibility index (Phi) is 7.46. The summed E-state index contributed by atoms with van der Waals surface area (Å²) in [5, 5.41) is 3.43. The predicted molar refractivity (Wildman–Crippen MR) is 105 cm³/mol. The summed E-state index contributed by atoms with van der Waals surface area (Å²) in [6.07, 6.45) is 10.1. The number of furan rings is 1. The zero-order valence-electron chi connectivity index (χ0n) is 13.7. The van der Waals surface area contributed by atoms with Gasteiger partial charge in [0, 0.05) is 32.6 Å². The molecule has 2 atom stereocenters. The molecule has 0 aromatic carbocycles. The minimum absolute atomic E-state index is 0. The number of likely N-dealkylation sites (tertiary alicyclic amines) is 1. The molecule has 1 aromatic heterocycles. The van der Waals surface area contributed by atoms with Gasteiger partial charge in [-0.05, 0) is 36.8 Å². The quantitative estimate of drug-likeness (QED) is 0.336. The molecule has 1 saturated heterocycles. The predicted octanol–water partition coefficient (Wildman–Crippen LogP) is 3.69. The highest BCUT2D eigenvalue weighted by Gasteiger charge is 2.35. The Balaban J connectivity index is 0.00000192. The summed E-state index contributed by atoms with van der Waals surface area (Å²) in [5.41, 5.74) is 0. The van der Waals surface area contributed by atoms with Gasteiger partial charge >= 0.3 is 0 Å². The maximum Gasteiger partial charge on any atom is 0.194 e. The van der Waals surface area contributed by atoms with E-state index in [0.717, 1.165) is 56.2 Å². The van der Waals surface area contributed by atoms with E-state index in [2.05, 4.69) is 16.8 Å². The molecule has 1 aliphatic heterocycles. The van der Waals surface area contributed by atoms with E-state index in [-0.39, 0.29) is 24.0 Å². The molecule has 5 heteroatoms. The molecule has 0 amide bonds. The summed E-state index contributed by atoms with van der Waals surface area (Å²) >= 11 is 0. The molecule has 1 aromatic rings. The Bertz CT molecular complexity index is 486. The second-order valence-electron chi connectivity index (χ2n) is 6.41. The minimum Gasteiger partial charge on any atom is -0.469 e. The Morgan fingerprint density at radius 1 is 1.35 bits per heavy atom. The standard InChI is InChI=1S/C18H27N3O.HI/c1-2-10-19-18(20-11-9-17-8-5-12-22-17)21-13-15-6-3-4-7-16(15)14-21;/h2,5,8,12,15-16H,1,3-4,6-7,9-11,13-14H2,(H,19,20);1H. The first-order chi connectivity index (χ1) is 10.9. The number of fused-ring (bicyclic) bond motifs is 1. The van der Waals surface area contributed by atoms with Crippen molar-refractivity contribution in [3.8, 4) is 0 Å². The van der Waals surface area contributed by atoms with Crippen LogP contribution in [0.3, 0.4) is 0 Å². The zero-order chi connectivity index (χ0) is 15.2. The summed E-state index contributed by atoms with van der Waals surface area (Å²) in [6.45, 7) is 7.66. The molecule has 0 spiro atoms. The monoisotopic (exact) mass is 429 g/mol. The van der Waals surface area contributed by atoms with Crippen LogP contribution < -0.4 is 5.32 Å². The SMILES string of the molecule is C=CCNC(=NCCc1ccco1)N1CC2CCCCC2C1.I. The van der Waals surface area contributed by atoms with Crippen LogP contribution in [-0.4, -0.2) is 37.0 Å². The molecule has 2 unspecified atom stereocenters. The molecule has 1 N–H and O–H groups in total. The molecule has 2 aliphatic rings. The van der Waals surface area contributed by atoms with Crippen molar-refractivity contribution in [2.45, 2.75) is 32.1 Å². The van der Waals surface area contributed by atoms with Gasteiger partial charge in [-0.2, -0.15) is 0 Å². The third-order valence-corrected chi connectivity index (χ3v) is 4.88. The summed E-state index contributed by atoms with van der Waals surface area (Å²) in [5.74, 6) is 3.78. The summed E-state index contributed by atoms with van der Waals surface area (Å²) in [6, 6.07) is 3.94. The van der Waals surface area contributed by atoms with Crippen LogP contribution in [-0.2, 0) is 6.42 Å². The molecule has 3 rings (SSSR count). The minimum atomic E-state index is 0. The highest BCUT2D eigenvalue weighted by Crippen LogP contribution is 2.35. The maximum absolute atomic E-state index is 5.38. The molecule has 1 aliphatic carbocycles. The van der Waals surface area contributed by atoms with Gasteiger partial charge in [-0.25, -0.2) is 0 Å². The van der Waals surface area contributed by atoms with E-state index in [0.29, 0.717) is 0 Å². The van der Waals surface area contributed by atoms with Crippen molar-refractivity contribution in [3.63, 3.8) is 0 Å². The molecular formula is C18H28IN3O. The molecule has 1 saturated carbocycles. The van der Waals surface area contributed by atoms with Crippen molar-refractivity contribution in [2.75, 3.05) is 26.2 Å². The first-order valence-electron chi connectivity index (χ1n) is 8.53. The summed E-state index contributed by atoms with van der Waals surface area (Å²) < 4.78 is 5.38. The van der Waals surface area contributed by atoms with E-state index in [1.807, 2.05) is 18.2 Å². The second kappa shape index (κ2) is 9.35. The Labute approximate surface area is 156 Å². The van der Waals surface area contributed by atoms with E-state index in [4.69, 9.17) is 9.41 Å². The average molecular weight is 429 g/mol. The molecule has 128 valence electrons. The third-order valence-electron chi connectivity index (χ3n) is 4.88. The first-order valence-corrected chi connectivity index (χ1v) is 8.53. The maximum atomic E-state index is 5.38. The first kappa shape index (κ1) is 18.4. The van der Waals surface area contributed by atoms with E-state index < -0.39 is 0 Å². The smallest absolute Gasteiger partial charge is 0.194 e.